The largest absolute Gasteiger partial charge is 0.480 e. The zero-order valence-corrected chi connectivity index (χ0v) is 17.4. The topological polar surface area (TPSA) is 136 Å². The molecular formula is C21H35N3O4. The fourth-order valence-electron chi connectivity index (χ4n) is 3.54. The molecule has 1 rings (SSSR count). The molecule has 1 unspecified atom stereocenters. The Morgan fingerprint density at radius 3 is 2.11 bits per heavy atom. The van der Waals surface area contributed by atoms with Gasteiger partial charge >= 0.3 is 5.97 Å². The molecule has 6 N–H and O–H groups in total. The Bertz CT molecular complexity index is 627. The highest BCUT2D eigenvalue weighted by molar-refractivity contribution is 5.93. The van der Waals surface area contributed by atoms with E-state index < -0.39 is 35.4 Å². The first-order valence-electron chi connectivity index (χ1n) is 9.91. The average molecular weight is 394 g/mol. The molecule has 7 nitrogen and oxygen atoms in total. The predicted octanol–water partition coefficient (Wildman–Crippen LogP) is 1.76. The van der Waals surface area contributed by atoms with Crippen LogP contribution in [0.25, 0.3) is 0 Å². The predicted molar refractivity (Wildman–Crippen MR) is 109 cm³/mol. The molecule has 0 heterocycles. The van der Waals surface area contributed by atoms with Gasteiger partial charge in [0.15, 0.2) is 5.78 Å². The molecule has 0 saturated carbocycles. The minimum absolute atomic E-state index is 0.0817. The second kappa shape index (κ2) is 10.5. The third-order valence-electron chi connectivity index (χ3n) is 4.94. The van der Waals surface area contributed by atoms with Crippen LogP contribution >= 0.6 is 0 Å². The van der Waals surface area contributed by atoms with Gasteiger partial charge in [-0.1, -0.05) is 52.0 Å². The fourth-order valence-corrected chi connectivity index (χ4v) is 3.54. The summed E-state index contributed by atoms with van der Waals surface area (Å²) in [5.74, 6) is -1.43. The van der Waals surface area contributed by atoms with Crippen molar-refractivity contribution < 1.29 is 19.5 Å². The summed E-state index contributed by atoms with van der Waals surface area (Å²) < 4.78 is 0. The van der Waals surface area contributed by atoms with Gasteiger partial charge in [0.1, 0.15) is 6.04 Å². The van der Waals surface area contributed by atoms with Gasteiger partial charge in [-0.05, 0) is 37.5 Å². The van der Waals surface area contributed by atoms with E-state index >= 15 is 0 Å². The number of carboxylic acids is 1. The van der Waals surface area contributed by atoms with Crippen LogP contribution in [0.3, 0.4) is 0 Å². The standard InChI is InChI=1S/C21H35N3O4/c1-13(2)10-15(22)18(25)21(8-6-5-7-9-21)12-16(23)19(26)24-17(20(27)28)11-14(3)4/h5-8,13-17H,9-12,22-23H2,1-4H3,(H,24,26)(H,27,28)/t15-,16-,17+,21?/m0/s1. The molecule has 1 aliphatic carbocycles. The number of Topliss-reactive ketones (excluding diaryl/α,β-unsaturated/α-hetero) is 1. The van der Waals surface area contributed by atoms with Crippen LogP contribution in [-0.2, 0) is 14.4 Å². The van der Waals surface area contributed by atoms with Crippen LogP contribution in [-0.4, -0.2) is 40.9 Å². The quantitative estimate of drug-likeness (QED) is 0.422. The maximum atomic E-state index is 13.1. The van der Waals surface area contributed by atoms with E-state index in [0.29, 0.717) is 19.3 Å². The van der Waals surface area contributed by atoms with Crippen molar-refractivity contribution in [1.82, 2.24) is 5.32 Å². The monoisotopic (exact) mass is 393 g/mol. The number of carbonyl (C=O) groups is 3. The molecule has 0 aromatic carbocycles. The normalized spacial score (nSPS) is 22.1. The molecule has 0 bridgehead atoms. The third kappa shape index (κ3) is 6.87. The van der Waals surface area contributed by atoms with Crippen molar-refractivity contribution in [3.05, 3.63) is 24.3 Å². The summed E-state index contributed by atoms with van der Waals surface area (Å²) in [6.07, 6.45) is 8.60. The van der Waals surface area contributed by atoms with Gasteiger partial charge in [0.25, 0.3) is 0 Å². The van der Waals surface area contributed by atoms with Crippen molar-refractivity contribution in [2.45, 2.75) is 71.5 Å². The summed E-state index contributed by atoms with van der Waals surface area (Å²) in [4.78, 5) is 37.0. The lowest BCUT2D eigenvalue weighted by atomic mass is 9.70. The molecule has 0 aliphatic heterocycles. The molecule has 0 fully saturated rings. The van der Waals surface area contributed by atoms with Crippen LogP contribution in [0.2, 0.25) is 0 Å². The zero-order chi connectivity index (χ0) is 21.5. The van der Waals surface area contributed by atoms with E-state index in [9.17, 15) is 19.5 Å². The molecule has 0 aromatic heterocycles. The molecule has 28 heavy (non-hydrogen) atoms. The Morgan fingerprint density at radius 1 is 1.04 bits per heavy atom. The molecule has 1 amide bonds. The zero-order valence-electron chi connectivity index (χ0n) is 17.4. The van der Waals surface area contributed by atoms with E-state index in [4.69, 9.17) is 11.5 Å². The first kappa shape index (κ1) is 24.0. The number of amides is 1. The molecule has 158 valence electrons. The SMILES string of the molecule is CC(C)C[C@H](N)C(=O)C1(C[C@H](N)C(=O)N[C@H](CC(C)C)C(=O)O)C=CC=CC1. The van der Waals surface area contributed by atoms with Gasteiger partial charge in [-0.25, -0.2) is 4.79 Å². The van der Waals surface area contributed by atoms with Gasteiger partial charge in [0.05, 0.1) is 17.5 Å². The van der Waals surface area contributed by atoms with Crippen molar-refractivity contribution in [3.8, 4) is 0 Å². The highest BCUT2D eigenvalue weighted by atomic mass is 16.4. The van der Waals surface area contributed by atoms with E-state index in [2.05, 4.69) is 5.32 Å². The fraction of sp³-hybridized carbons (Fsp3) is 0.667. The number of carbonyl (C=O) groups excluding carboxylic acids is 2. The highest BCUT2D eigenvalue weighted by Crippen LogP contribution is 2.35. The third-order valence-corrected chi connectivity index (χ3v) is 4.94. The number of hydrogen-bond donors (Lipinski definition) is 4. The van der Waals surface area contributed by atoms with Crippen molar-refractivity contribution in [3.63, 3.8) is 0 Å². The highest BCUT2D eigenvalue weighted by Gasteiger charge is 2.41. The summed E-state index contributed by atoms with van der Waals surface area (Å²) in [7, 11) is 0. The first-order valence-corrected chi connectivity index (χ1v) is 9.91. The molecular weight excluding hydrogens is 358 g/mol. The lowest BCUT2D eigenvalue weighted by Gasteiger charge is -2.34. The lowest BCUT2D eigenvalue weighted by Crippen LogP contribution is -2.52. The van der Waals surface area contributed by atoms with Gasteiger partial charge in [-0.2, -0.15) is 0 Å². The van der Waals surface area contributed by atoms with Gasteiger partial charge in [-0.15, -0.1) is 0 Å². The summed E-state index contributed by atoms with van der Waals surface area (Å²) in [5, 5.41) is 11.8. The molecule has 0 saturated heterocycles. The van der Waals surface area contributed by atoms with E-state index in [1.165, 1.54) is 0 Å². The molecule has 0 aromatic rings. The van der Waals surface area contributed by atoms with Crippen LogP contribution in [0.4, 0.5) is 0 Å². The van der Waals surface area contributed by atoms with Crippen molar-refractivity contribution in [2.24, 2.45) is 28.7 Å². The van der Waals surface area contributed by atoms with Crippen molar-refractivity contribution in [1.29, 1.82) is 0 Å². The number of aliphatic carboxylic acids is 1. The number of hydrogen-bond acceptors (Lipinski definition) is 5. The smallest absolute Gasteiger partial charge is 0.326 e. The van der Waals surface area contributed by atoms with Gasteiger partial charge in [-0.3, -0.25) is 9.59 Å². The van der Waals surface area contributed by atoms with Crippen LogP contribution in [0.15, 0.2) is 24.3 Å². The number of allylic oxidation sites excluding steroid dienone is 4. The lowest BCUT2D eigenvalue weighted by molar-refractivity contribution is -0.142. The van der Waals surface area contributed by atoms with Crippen LogP contribution in [0.1, 0.15) is 53.4 Å². The molecule has 0 radical (unpaired) electrons. The molecule has 4 atom stereocenters. The maximum Gasteiger partial charge on any atom is 0.326 e. The van der Waals surface area contributed by atoms with Crippen LogP contribution in [0.5, 0.6) is 0 Å². The van der Waals surface area contributed by atoms with Crippen molar-refractivity contribution >= 4 is 17.7 Å². The average Bonchev–Trinajstić information content (AvgIpc) is 2.60. The van der Waals surface area contributed by atoms with Crippen LogP contribution < -0.4 is 16.8 Å². The van der Waals surface area contributed by atoms with E-state index in [-0.39, 0.29) is 24.0 Å². The van der Waals surface area contributed by atoms with Crippen LogP contribution in [0, 0.1) is 17.3 Å². The summed E-state index contributed by atoms with van der Waals surface area (Å²) >= 11 is 0. The maximum absolute atomic E-state index is 13.1. The summed E-state index contributed by atoms with van der Waals surface area (Å²) in [6, 6.07) is -2.66. The van der Waals surface area contributed by atoms with Gasteiger partial charge in [0.2, 0.25) is 5.91 Å². The Labute approximate surface area is 167 Å². The summed E-state index contributed by atoms with van der Waals surface area (Å²) in [6.45, 7) is 7.75. The number of ketones is 1. The van der Waals surface area contributed by atoms with E-state index in [1.807, 2.05) is 39.8 Å². The molecule has 1 aliphatic rings. The van der Waals surface area contributed by atoms with Gasteiger partial charge in [0, 0.05) is 0 Å². The van der Waals surface area contributed by atoms with E-state index in [1.54, 1.807) is 12.2 Å². The van der Waals surface area contributed by atoms with Crippen molar-refractivity contribution in [2.75, 3.05) is 0 Å². The second-order valence-corrected chi connectivity index (χ2v) is 8.59. The Kier molecular flexibility index (Phi) is 9.04. The second-order valence-electron chi connectivity index (χ2n) is 8.59. The number of rotatable bonds is 11. The molecule has 0 spiro atoms. The summed E-state index contributed by atoms with van der Waals surface area (Å²) in [5.41, 5.74) is 11.3. The number of nitrogens with one attached hydrogen (secondary N) is 1. The minimum atomic E-state index is -1.10. The first-order chi connectivity index (χ1) is 13.0. The number of nitrogens with two attached hydrogens (primary N) is 2. The Hall–Kier alpha value is -1.99. The molecule has 7 heteroatoms. The Balaban J connectivity index is 2.92. The minimum Gasteiger partial charge on any atom is -0.480 e. The Morgan fingerprint density at radius 2 is 1.64 bits per heavy atom. The van der Waals surface area contributed by atoms with E-state index in [0.717, 1.165) is 0 Å². The van der Waals surface area contributed by atoms with Gasteiger partial charge < -0.3 is 21.9 Å². The number of carboxylic acid groups (broad SMARTS) is 1.